The molecule has 0 aromatic rings. The Morgan fingerprint density at radius 1 is 1.38 bits per heavy atom. The minimum atomic E-state index is -3.34. The van der Waals surface area contributed by atoms with Crippen LogP contribution < -0.4 is 0 Å². The van der Waals surface area contributed by atoms with Crippen LogP contribution >= 0.6 is 0 Å². The van der Waals surface area contributed by atoms with E-state index in [0.29, 0.717) is 0 Å². The van der Waals surface area contributed by atoms with Crippen LogP contribution in [0.15, 0.2) is 0 Å². The Morgan fingerprint density at radius 3 is 2.15 bits per heavy atom. The molecule has 9 heteroatoms. The van der Waals surface area contributed by atoms with Gasteiger partial charge in [0, 0.05) is 0 Å². The maximum absolute atomic E-state index is 10.3. The predicted molar refractivity (Wildman–Crippen MR) is 41.8 cm³/mol. The van der Waals surface area contributed by atoms with E-state index in [-0.39, 0.29) is 51.4 Å². The average Bonchev–Trinajstić information content (AvgIpc) is 1.84. The van der Waals surface area contributed by atoms with Gasteiger partial charge in [-0.2, -0.15) is 8.42 Å². The molecule has 0 amide bonds. The van der Waals surface area contributed by atoms with E-state index in [4.69, 9.17) is 10.2 Å². The van der Waals surface area contributed by atoms with E-state index in [1.807, 2.05) is 0 Å². The number of aliphatic hydroxyl groups excluding tert-OH is 1. The average molecular weight is 238 g/mol. The van der Waals surface area contributed by atoms with Crippen LogP contribution in [0.4, 0.5) is 0 Å². The molecule has 0 spiro atoms. The third-order valence-electron chi connectivity index (χ3n) is 0.821. The number of aliphatic carboxylic acids is 1. The number of rotatable bonds is 4. The summed E-state index contributed by atoms with van der Waals surface area (Å²) < 4.78 is 23.0. The van der Waals surface area contributed by atoms with Crippen LogP contribution in [-0.4, -0.2) is 88.1 Å². The van der Waals surface area contributed by atoms with Crippen molar-refractivity contribution in [2.24, 2.45) is 0 Å². The number of aliphatic hydroxyl groups is 1. The Balaban J connectivity index is 0. The van der Waals surface area contributed by atoms with Crippen LogP contribution in [0.25, 0.3) is 0 Å². The number of carboxylic acid groups (broad SMARTS) is 1. The summed E-state index contributed by atoms with van der Waals surface area (Å²) in [7, 11) is -3.34. The van der Waals surface area contributed by atoms with Crippen LogP contribution in [0.1, 0.15) is 6.42 Å². The minimum absolute atomic E-state index is 0. The monoisotopic (exact) mass is 238 g/mol. The van der Waals surface area contributed by atoms with E-state index in [1.54, 1.807) is 0 Å². The van der Waals surface area contributed by atoms with Gasteiger partial charge in [0.25, 0.3) is 0 Å². The van der Waals surface area contributed by atoms with E-state index in [9.17, 15) is 18.0 Å². The fourth-order valence-electron chi connectivity index (χ4n) is 0.366. The molecule has 2 N–H and O–H groups in total. The molecule has 0 bridgehead atoms. The first-order chi connectivity index (χ1) is 5.43. The maximum atomic E-state index is 10.3. The molecule has 1 atom stereocenters. The normalized spacial score (nSPS) is 11.5. The standard InChI is InChI=1S/C4H6O7S.K.H/c5-2(4(7)8)1-3(6)11-12(9)10;;/h2,5,12H,1H2,(H,7,8);;. The molecule has 1 unspecified atom stereocenters. The van der Waals surface area contributed by atoms with Gasteiger partial charge in [0.2, 0.25) is 0 Å². The molecule has 0 aromatic heterocycles. The zero-order valence-electron chi connectivity index (χ0n) is 5.67. The first-order valence-electron chi connectivity index (χ1n) is 2.69. The zero-order valence-corrected chi connectivity index (χ0v) is 6.56. The van der Waals surface area contributed by atoms with Gasteiger partial charge in [-0.25, -0.2) is 4.79 Å². The Kier molecular flexibility index (Phi) is 9.62. The predicted octanol–water partition coefficient (Wildman–Crippen LogP) is -2.76. The fraction of sp³-hybridized carbons (Fsp3) is 0.500. The summed E-state index contributed by atoms with van der Waals surface area (Å²) >= 11 is 0. The number of hydrogen-bond donors (Lipinski definition) is 3. The van der Waals surface area contributed by atoms with E-state index in [2.05, 4.69) is 4.18 Å². The number of hydrogen-bond acceptors (Lipinski definition) is 6. The molecule has 72 valence electrons. The first kappa shape index (κ1) is 15.9. The van der Waals surface area contributed by atoms with Gasteiger partial charge in [0.1, 0.15) is 0 Å². The quantitative estimate of drug-likeness (QED) is 0.359. The van der Waals surface area contributed by atoms with Crippen molar-refractivity contribution in [3.63, 3.8) is 0 Å². The Bertz CT molecular complexity index is 251. The van der Waals surface area contributed by atoms with Crippen molar-refractivity contribution in [1.29, 1.82) is 0 Å². The summed E-state index contributed by atoms with van der Waals surface area (Å²) in [6.07, 6.45) is -2.83. The summed E-state index contributed by atoms with van der Waals surface area (Å²) in [6, 6.07) is 0. The molecule has 13 heavy (non-hydrogen) atoms. The molecule has 7 nitrogen and oxygen atoms in total. The molecule has 0 saturated carbocycles. The molecule has 0 rings (SSSR count). The number of carbonyl (C=O) groups is 2. The van der Waals surface area contributed by atoms with Gasteiger partial charge in [-0.1, -0.05) is 0 Å². The first-order valence-corrected chi connectivity index (χ1v) is 3.79. The molecule has 0 aliphatic heterocycles. The van der Waals surface area contributed by atoms with Gasteiger partial charge in [-0.3, -0.25) is 4.79 Å². The number of thiol groups is 1. The summed E-state index contributed by atoms with van der Waals surface area (Å²) in [6.45, 7) is 0. The van der Waals surface area contributed by atoms with Gasteiger partial charge in [-0.05, 0) is 0 Å². The van der Waals surface area contributed by atoms with Crippen LogP contribution in [0.2, 0.25) is 0 Å². The van der Waals surface area contributed by atoms with E-state index in [0.717, 1.165) is 0 Å². The van der Waals surface area contributed by atoms with Gasteiger partial charge in [0.05, 0.1) is 6.42 Å². The number of carbonyl (C=O) groups excluding carboxylic acids is 1. The van der Waals surface area contributed by atoms with Crippen LogP contribution in [0.5, 0.6) is 0 Å². The molecular formula is C4H7KO7S. The van der Waals surface area contributed by atoms with Crippen molar-refractivity contribution in [3.8, 4) is 0 Å². The van der Waals surface area contributed by atoms with E-state index < -0.39 is 35.4 Å². The Morgan fingerprint density at radius 2 is 1.85 bits per heavy atom. The van der Waals surface area contributed by atoms with Crippen molar-refractivity contribution in [2.45, 2.75) is 12.5 Å². The number of carboxylic acids is 1. The van der Waals surface area contributed by atoms with Gasteiger partial charge >= 0.3 is 74.3 Å². The second-order valence-corrected chi connectivity index (χ2v) is 2.37. The summed E-state index contributed by atoms with van der Waals surface area (Å²) in [5.74, 6) is -2.92. The Hall–Kier alpha value is 0.486. The second kappa shape index (κ2) is 7.85. The molecule has 0 radical (unpaired) electrons. The van der Waals surface area contributed by atoms with Gasteiger partial charge in [-0.15, -0.1) is 0 Å². The molecular weight excluding hydrogens is 231 g/mol. The Labute approximate surface area is 118 Å². The van der Waals surface area contributed by atoms with Gasteiger partial charge in [0.15, 0.2) is 6.10 Å². The summed E-state index contributed by atoms with van der Waals surface area (Å²) in [5, 5.41) is 16.6. The van der Waals surface area contributed by atoms with Crippen LogP contribution in [0.3, 0.4) is 0 Å². The SMILES string of the molecule is O=C(CC(O)C(=O)O)O[SH](=O)=O.[KH]. The van der Waals surface area contributed by atoms with Crippen molar-refractivity contribution in [3.05, 3.63) is 0 Å². The second-order valence-electron chi connectivity index (χ2n) is 1.75. The van der Waals surface area contributed by atoms with E-state index in [1.165, 1.54) is 0 Å². The topological polar surface area (TPSA) is 118 Å². The van der Waals surface area contributed by atoms with Gasteiger partial charge < -0.3 is 14.4 Å². The van der Waals surface area contributed by atoms with E-state index >= 15 is 0 Å². The molecule has 0 fully saturated rings. The third kappa shape index (κ3) is 8.81. The molecule has 0 saturated heterocycles. The molecule has 0 aromatic carbocycles. The van der Waals surface area contributed by atoms with Crippen LogP contribution in [0, 0.1) is 0 Å². The van der Waals surface area contributed by atoms with Crippen molar-refractivity contribution in [1.82, 2.24) is 0 Å². The molecule has 0 aliphatic rings. The molecule has 0 heterocycles. The van der Waals surface area contributed by atoms with Crippen molar-refractivity contribution >= 4 is 74.3 Å². The fourth-order valence-corrected chi connectivity index (χ4v) is 0.606. The van der Waals surface area contributed by atoms with Crippen LogP contribution in [-0.2, 0) is 24.8 Å². The summed E-state index contributed by atoms with van der Waals surface area (Å²) in [5.41, 5.74) is 0. The van der Waals surface area contributed by atoms with Crippen molar-refractivity contribution in [2.75, 3.05) is 0 Å². The zero-order chi connectivity index (χ0) is 9.72. The third-order valence-corrected chi connectivity index (χ3v) is 1.17. The van der Waals surface area contributed by atoms with Crippen molar-refractivity contribution < 1.29 is 32.4 Å². The molecule has 0 aliphatic carbocycles. The summed E-state index contributed by atoms with van der Waals surface area (Å²) in [4.78, 5) is 20.3.